The number of hydrogen-bond donors (Lipinski definition) is 2. The number of carbonyl (C=O) groups is 1. The topological polar surface area (TPSA) is 104 Å². The van der Waals surface area contributed by atoms with Crippen LogP contribution in [-0.4, -0.2) is 80.3 Å². The van der Waals surface area contributed by atoms with Crippen LogP contribution in [0.1, 0.15) is 30.5 Å². The predicted molar refractivity (Wildman–Crippen MR) is 111 cm³/mol. The molecular formula is C21H31N5O4. The Balaban J connectivity index is 1.51. The maximum absolute atomic E-state index is 12.6. The molecule has 1 aromatic carbocycles. The molecule has 0 bridgehead atoms. The Hall–Kier alpha value is -2.49. The lowest BCUT2D eigenvalue weighted by atomic mass is 9.94. The maximum atomic E-state index is 12.6. The molecule has 2 heterocycles. The lowest BCUT2D eigenvalue weighted by Crippen LogP contribution is -2.42. The van der Waals surface area contributed by atoms with Gasteiger partial charge in [0.25, 0.3) is 0 Å². The summed E-state index contributed by atoms with van der Waals surface area (Å²) in [5.41, 5.74) is 0.767. The van der Waals surface area contributed by atoms with Crippen LogP contribution >= 0.6 is 0 Å². The first kappa shape index (κ1) is 22.2. The number of ether oxygens (including phenoxy) is 1. The summed E-state index contributed by atoms with van der Waals surface area (Å²) in [5.74, 6) is 0.771. The molecule has 2 aromatic rings. The van der Waals surface area contributed by atoms with Gasteiger partial charge in [-0.25, -0.2) is 4.68 Å². The summed E-state index contributed by atoms with van der Waals surface area (Å²) in [6.45, 7) is 2.29. The van der Waals surface area contributed by atoms with E-state index in [9.17, 15) is 9.90 Å². The molecule has 0 spiro atoms. The van der Waals surface area contributed by atoms with Gasteiger partial charge >= 0.3 is 0 Å². The Bertz CT molecular complexity index is 825. The minimum absolute atomic E-state index is 0.0553. The van der Waals surface area contributed by atoms with Crippen molar-refractivity contribution in [2.24, 2.45) is 0 Å². The Morgan fingerprint density at radius 1 is 1.27 bits per heavy atom. The second-order valence-corrected chi connectivity index (χ2v) is 8.04. The number of rotatable bonds is 8. The molecule has 1 aromatic heterocycles. The molecule has 1 aliphatic rings. The monoisotopic (exact) mass is 417 g/mol. The van der Waals surface area contributed by atoms with Crippen molar-refractivity contribution >= 4 is 5.91 Å². The van der Waals surface area contributed by atoms with E-state index in [1.165, 1.54) is 4.68 Å². The van der Waals surface area contributed by atoms with Gasteiger partial charge in [0.05, 0.1) is 25.5 Å². The lowest BCUT2D eigenvalue weighted by molar-refractivity contribution is -0.132. The third-order valence-electron chi connectivity index (χ3n) is 5.49. The standard InChI is InChI=1S/C21H31N5O4/c1-24(12-17-4-6-19(30-2)7-5-17)16-21(29)8-3-10-25(11-9-21)20(28)14-26-13-18(15-27)22-23-26/h4-7,13,27,29H,3,8-12,14-16H2,1-2H3/t21-/m0/s1. The van der Waals surface area contributed by atoms with Crippen LogP contribution in [0, 0.1) is 0 Å². The van der Waals surface area contributed by atoms with Crippen molar-refractivity contribution in [3.63, 3.8) is 0 Å². The molecule has 0 unspecified atom stereocenters. The van der Waals surface area contributed by atoms with Gasteiger partial charge in [-0.05, 0) is 44.0 Å². The molecule has 1 aliphatic heterocycles. The number of benzene rings is 1. The number of amides is 1. The lowest BCUT2D eigenvalue weighted by Gasteiger charge is -2.31. The minimum Gasteiger partial charge on any atom is -0.497 e. The zero-order chi connectivity index (χ0) is 21.6. The number of nitrogens with zero attached hydrogens (tertiary/aromatic N) is 5. The first-order valence-corrected chi connectivity index (χ1v) is 10.2. The van der Waals surface area contributed by atoms with E-state index in [0.717, 1.165) is 24.3 Å². The SMILES string of the molecule is COc1ccc(CN(C)C[C@]2(O)CCCN(C(=O)Cn3cc(CO)nn3)CC2)cc1. The van der Waals surface area contributed by atoms with Crippen LogP contribution < -0.4 is 4.74 Å². The molecule has 164 valence electrons. The molecule has 1 amide bonds. The predicted octanol–water partition coefficient (Wildman–Crippen LogP) is 0.655. The van der Waals surface area contributed by atoms with E-state index in [1.54, 1.807) is 18.2 Å². The summed E-state index contributed by atoms with van der Waals surface area (Å²) in [6.07, 6.45) is 3.50. The number of likely N-dealkylation sites (tertiary alicyclic amines) is 1. The molecule has 2 N–H and O–H groups in total. The van der Waals surface area contributed by atoms with Crippen molar-refractivity contribution in [1.82, 2.24) is 24.8 Å². The fraction of sp³-hybridized carbons (Fsp3) is 0.571. The molecule has 9 nitrogen and oxygen atoms in total. The van der Waals surface area contributed by atoms with Gasteiger partial charge in [-0.3, -0.25) is 9.69 Å². The number of aliphatic hydroxyl groups is 2. The van der Waals surface area contributed by atoms with Crippen molar-refractivity contribution in [3.05, 3.63) is 41.7 Å². The second kappa shape index (κ2) is 10.0. The third-order valence-corrected chi connectivity index (χ3v) is 5.49. The van der Waals surface area contributed by atoms with E-state index >= 15 is 0 Å². The number of carbonyl (C=O) groups excluding carboxylic acids is 1. The van der Waals surface area contributed by atoms with Crippen molar-refractivity contribution in [2.75, 3.05) is 33.8 Å². The van der Waals surface area contributed by atoms with Crippen molar-refractivity contribution in [1.29, 1.82) is 0 Å². The highest BCUT2D eigenvalue weighted by Gasteiger charge is 2.32. The zero-order valence-electron chi connectivity index (χ0n) is 17.7. The summed E-state index contributed by atoms with van der Waals surface area (Å²) in [7, 11) is 3.65. The molecule has 0 saturated carbocycles. The average molecular weight is 418 g/mol. The summed E-state index contributed by atoms with van der Waals surface area (Å²) in [4.78, 5) is 16.5. The Morgan fingerprint density at radius 3 is 2.70 bits per heavy atom. The average Bonchev–Trinajstić information content (AvgIpc) is 3.09. The summed E-state index contributed by atoms with van der Waals surface area (Å²) in [6, 6.07) is 7.93. The van der Waals surface area contributed by atoms with E-state index in [0.29, 0.717) is 38.2 Å². The molecular weight excluding hydrogens is 386 g/mol. The molecule has 1 saturated heterocycles. The van der Waals surface area contributed by atoms with Crippen LogP contribution in [0.4, 0.5) is 0 Å². The van der Waals surface area contributed by atoms with Crippen molar-refractivity contribution in [2.45, 2.75) is 44.6 Å². The Kier molecular flexibility index (Phi) is 7.41. The van der Waals surface area contributed by atoms with E-state index in [1.807, 2.05) is 31.3 Å². The smallest absolute Gasteiger partial charge is 0.244 e. The van der Waals surface area contributed by atoms with Crippen LogP contribution in [0.5, 0.6) is 5.75 Å². The van der Waals surface area contributed by atoms with Crippen LogP contribution in [-0.2, 0) is 24.5 Å². The fourth-order valence-corrected chi connectivity index (χ4v) is 3.91. The molecule has 1 fully saturated rings. The maximum Gasteiger partial charge on any atom is 0.244 e. The van der Waals surface area contributed by atoms with Crippen molar-refractivity contribution < 1.29 is 19.7 Å². The van der Waals surface area contributed by atoms with E-state index < -0.39 is 5.60 Å². The third kappa shape index (κ3) is 6.01. The molecule has 9 heteroatoms. The minimum atomic E-state index is -0.826. The summed E-state index contributed by atoms with van der Waals surface area (Å²) in [5, 5.41) is 27.9. The molecule has 1 atom stereocenters. The van der Waals surface area contributed by atoms with Crippen LogP contribution in [0.15, 0.2) is 30.5 Å². The number of aromatic nitrogens is 3. The van der Waals surface area contributed by atoms with Gasteiger partial charge < -0.3 is 19.8 Å². The van der Waals surface area contributed by atoms with Gasteiger partial charge in [0.1, 0.15) is 18.0 Å². The largest absolute Gasteiger partial charge is 0.497 e. The van der Waals surface area contributed by atoms with Gasteiger partial charge in [0.2, 0.25) is 5.91 Å². The fourth-order valence-electron chi connectivity index (χ4n) is 3.91. The van der Waals surface area contributed by atoms with Crippen LogP contribution in [0.3, 0.4) is 0 Å². The Morgan fingerprint density at radius 2 is 2.03 bits per heavy atom. The summed E-state index contributed by atoms with van der Waals surface area (Å²) >= 11 is 0. The number of likely N-dealkylation sites (N-methyl/N-ethyl adjacent to an activating group) is 1. The van der Waals surface area contributed by atoms with Gasteiger partial charge in [-0.15, -0.1) is 5.10 Å². The van der Waals surface area contributed by atoms with Gasteiger partial charge in [-0.1, -0.05) is 17.3 Å². The zero-order valence-corrected chi connectivity index (χ0v) is 17.7. The van der Waals surface area contributed by atoms with Gasteiger partial charge in [-0.2, -0.15) is 0 Å². The molecule has 30 heavy (non-hydrogen) atoms. The first-order chi connectivity index (χ1) is 14.4. The van der Waals surface area contributed by atoms with E-state index in [4.69, 9.17) is 9.84 Å². The number of hydrogen-bond acceptors (Lipinski definition) is 7. The molecule has 3 rings (SSSR count). The number of methoxy groups -OCH3 is 1. The van der Waals surface area contributed by atoms with Gasteiger partial charge in [0, 0.05) is 26.2 Å². The number of aliphatic hydroxyl groups excluding tert-OH is 1. The highest BCUT2D eigenvalue weighted by atomic mass is 16.5. The molecule has 0 radical (unpaired) electrons. The van der Waals surface area contributed by atoms with Crippen LogP contribution in [0.2, 0.25) is 0 Å². The normalized spacial score (nSPS) is 19.7. The highest BCUT2D eigenvalue weighted by Crippen LogP contribution is 2.24. The Labute approximate surface area is 176 Å². The van der Waals surface area contributed by atoms with E-state index in [2.05, 4.69) is 15.2 Å². The highest BCUT2D eigenvalue weighted by molar-refractivity contribution is 5.75. The second-order valence-electron chi connectivity index (χ2n) is 8.04. The molecule has 0 aliphatic carbocycles. The van der Waals surface area contributed by atoms with Gasteiger partial charge in [0.15, 0.2) is 0 Å². The van der Waals surface area contributed by atoms with Crippen LogP contribution in [0.25, 0.3) is 0 Å². The summed E-state index contributed by atoms with van der Waals surface area (Å²) < 4.78 is 6.63. The quantitative estimate of drug-likeness (QED) is 0.650. The van der Waals surface area contributed by atoms with E-state index in [-0.39, 0.29) is 19.1 Å². The van der Waals surface area contributed by atoms with Crippen molar-refractivity contribution in [3.8, 4) is 5.75 Å². The first-order valence-electron chi connectivity index (χ1n) is 10.2.